The van der Waals surface area contributed by atoms with E-state index in [0.717, 1.165) is 0 Å². The van der Waals surface area contributed by atoms with Crippen molar-refractivity contribution in [2.24, 2.45) is 0 Å². The molecule has 128 valence electrons. The average molecular weight is 344 g/mol. The van der Waals surface area contributed by atoms with Crippen molar-refractivity contribution in [3.8, 4) is 0 Å². The summed E-state index contributed by atoms with van der Waals surface area (Å²) in [5.74, 6) is -1.39. The summed E-state index contributed by atoms with van der Waals surface area (Å²) in [6.45, 7) is 0.688. The Labute approximate surface area is 134 Å². The van der Waals surface area contributed by atoms with Crippen LogP contribution in [0, 0.1) is 0 Å². The average Bonchev–Trinajstić information content (AvgIpc) is 2.52. The van der Waals surface area contributed by atoms with Gasteiger partial charge in [-0.05, 0) is 24.6 Å². The van der Waals surface area contributed by atoms with Crippen molar-refractivity contribution in [3.05, 3.63) is 29.8 Å². The Hall–Kier alpha value is -1.97. The van der Waals surface area contributed by atoms with Crippen LogP contribution in [-0.4, -0.2) is 52.2 Å². The zero-order valence-corrected chi connectivity index (χ0v) is 13.6. The van der Waals surface area contributed by atoms with E-state index in [1.807, 2.05) is 0 Å². The number of benzene rings is 1. The fourth-order valence-corrected chi connectivity index (χ4v) is 2.82. The highest BCUT2D eigenvalue weighted by Gasteiger charge is 2.15. The van der Waals surface area contributed by atoms with Crippen molar-refractivity contribution >= 4 is 21.9 Å². The highest BCUT2D eigenvalue weighted by Crippen LogP contribution is 2.11. The Morgan fingerprint density at radius 3 is 2.65 bits per heavy atom. The third-order valence-corrected chi connectivity index (χ3v) is 4.32. The first-order valence-electron chi connectivity index (χ1n) is 6.95. The second kappa shape index (κ2) is 9.23. The van der Waals surface area contributed by atoms with E-state index < -0.39 is 21.9 Å². The summed E-state index contributed by atoms with van der Waals surface area (Å²) in [4.78, 5) is 22.2. The first kappa shape index (κ1) is 19.1. The minimum absolute atomic E-state index is 0.0128. The number of rotatable bonds is 10. The van der Waals surface area contributed by atoms with Crippen LogP contribution in [0.15, 0.2) is 29.2 Å². The highest BCUT2D eigenvalue weighted by atomic mass is 32.2. The lowest BCUT2D eigenvalue weighted by Crippen LogP contribution is -2.28. The number of amides is 1. The largest absolute Gasteiger partial charge is 0.481 e. The molecule has 0 heterocycles. The van der Waals surface area contributed by atoms with Crippen molar-refractivity contribution in [2.75, 3.05) is 26.8 Å². The van der Waals surface area contributed by atoms with E-state index in [4.69, 9.17) is 9.84 Å². The zero-order valence-electron chi connectivity index (χ0n) is 12.7. The molecular formula is C14H20N2O6S. The lowest BCUT2D eigenvalue weighted by atomic mass is 10.2. The fraction of sp³-hybridized carbons (Fsp3) is 0.429. The molecule has 0 radical (unpaired) electrons. The van der Waals surface area contributed by atoms with E-state index in [9.17, 15) is 18.0 Å². The third kappa shape index (κ3) is 6.76. The Balaban J connectivity index is 2.70. The van der Waals surface area contributed by atoms with E-state index in [0.29, 0.717) is 13.2 Å². The summed E-state index contributed by atoms with van der Waals surface area (Å²) in [5.41, 5.74) is 0.217. The van der Waals surface area contributed by atoms with Crippen LogP contribution in [0.25, 0.3) is 0 Å². The molecule has 0 bridgehead atoms. The first-order chi connectivity index (χ1) is 10.9. The van der Waals surface area contributed by atoms with Crippen LogP contribution in [0.3, 0.4) is 0 Å². The molecule has 3 N–H and O–H groups in total. The van der Waals surface area contributed by atoms with Gasteiger partial charge in [-0.15, -0.1) is 0 Å². The number of carbonyl (C=O) groups excluding carboxylic acids is 1. The number of carboxylic acids is 1. The van der Waals surface area contributed by atoms with Crippen LogP contribution < -0.4 is 10.0 Å². The molecule has 8 nitrogen and oxygen atoms in total. The maximum Gasteiger partial charge on any atom is 0.303 e. The number of nitrogens with one attached hydrogen (secondary N) is 2. The van der Waals surface area contributed by atoms with Crippen molar-refractivity contribution in [3.63, 3.8) is 0 Å². The molecule has 0 spiro atoms. The third-order valence-electron chi connectivity index (χ3n) is 2.86. The van der Waals surface area contributed by atoms with Gasteiger partial charge in [-0.25, -0.2) is 13.1 Å². The minimum atomic E-state index is -3.79. The molecule has 1 amide bonds. The molecule has 1 rings (SSSR count). The van der Waals surface area contributed by atoms with E-state index in [1.54, 1.807) is 0 Å². The minimum Gasteiger partial charge on any atom is -0.481 e. The van der Waals surface area contributed by atoms with Crippen LogP contribution in [0.4, 0.5) is 0 Å². The molecule has 0 aliphatic rings. The summed E-state index contributed by atoms with van der Waals surface area (Å²) in [7, 11) is -2.28. The molecule has 0 aliphatic heterocycles. The topological polar surface area (TPSA) is 122 Å². The van der Waals surface area contributed by atoms with E-state index in [1.165, 1.54) is 31.4 Å². The van der Waals surface area contributed by atoms with Gasteiger partial charge in [0.1, 0.15) is 0 Å². The predicted molar refractivity (Wildman–Crippen MR) is 82.7 cm³/mol. The zero-order chi connectivity index (χ0) is 17.3. The van der Waals surface area contributed by atoms with Gasteiger partial charge in [0.25, 0.3) is 5.91 Å². The monoisotopic (exact) mass is 344 g/mol. The number of carboxylic acid groups (broad SMARTS) is 1. The lowest BCUT2D eigenvalue weighted by molar-refractivity contribution is -0.137. The van der Waals surface area contributed by atoms with E-state index in [-0.39, 0.29) is 29.8 Å². The number of sulfonamides is 1. The smallest absolute Gasteiger partial charge is 0.303 e. The van der Waals surface area contributed by atoms with E-state index >= 15 is 0 Å². The molecule has 0 unspecified atom stereocenters. The summed E-state index contributed by atoms with van der Waals surface area (Å²) in [6, 6.07) is 5.61. The van der Waals surface area contributed by atoms with E-state index in [2.05, 4.69) is 10.0 Å². The second-order valence-electron chi connectivity index (χ2n) is 4.67. The van der Waals surface area contributed by atoms with Gasteiger partial charge in [-0.3, -0.25) is 9.59 Å². The molecule has 0 atom stereocenters. The number of carbonyl (C=O) groups is 2. The SMILES string of the molecule is COCCNC(=O)c1cccc(S(=O)(=O)NCCCC(=O)O)c1. The van der Waals surface area contributed by atoms with Crippen LogP contribution in [0.2, 0.25) is 0 Å². The molecule has 0 aromatic heterocycles. The highest BCUT2D eigenvalue weighted by molar-refractivity contribution is 7.89. The summed E-state index contributed by atoms with van der Waals surface area (Å²) >= 11 is 0. The van der Waals surface area contributed by atoms with Crippen molar-refractivity contribution < 1.29 is 27.9 Å². The summed E-state index contributed by atoms with van der Waals surface area (Å²) < 4.78 is 31.3. The molecule has 1 aromatic rings. The van der Waals surface area contributed by atoms with Gasteiger partial charge >= 0.3 is 5.97 Å². The quantitative estimate of drug-likeness (QED) is 0.522. The van der Waals surface area contributed by atoms with Gasteiger partial charge in [0.05, 0.1) is 11.5 Å². The molecule has 23 heavy (non-hydrogen) atoms. The Morgan fingerprint density at radius 1 is 1.26 bits per heavy atom. The Kier molecular flexibility index (Phi) is 7.66. The van der Waals surface area contributed by atoms with Crippen molar-refractivity contribution in [1.82, 2.24) is 10.0 Å². The summed E-state index contributed by atoms with van der Waals surface area (Å²) in [6.07, 6.45) is 0.0657. The molecule has 9 heteroatoms. The molecule has 0 saturated carbocycles. The number of ether oxygens (including phenoxy) is 1. The van der Waals surface area contributed by atoms with Gasteiger partial charge < -0.3 is 15.2 Å². The molecule has 0 saturated heterocycles. The number of hydrogen-bond donors (Lipinski definition) is 3. The van der Waals surface area contributed by atoms with Crippen LogP contribution >= 0.6 is 0 Å². The standard InChI is InChI=1S/C14H20N2O6S/c1-22-9-8-15-14(19)11-4-2-5-12(10-11)23(20,21)16-7-3-6-13(17)18/h2,4-5,10,16H,3,6-9H2,1H3,(H,15,19)(H,17,18). The van der Waals surface area contributed by atoms with Gasteiger partial charge in [0.15, 0.2) is 0 Å². The molecular weight excluding hydrogens is 324 g/mol. The van der Waals surface area contributed by atoms with Gasteiger partial charge in [0, 0.05) is 32.2 Å². The molecule has 0 fully saturated rings. The number of methoxy groups -OCH3 is 1. The lowest BCUT2D eigenvalue weighted by Gasteiger charge is -2.08. The van der Waals surface area contributed by atoms with Crippen LogP contribution in [-0.2, 0) is 19.6 Å². The summed E-state index contributed by atoms with van der Waals surface area (Å²) in [5, 5.41) is 11.1. The Morgan fingerprint density at radius 2 is 2.00 bits per heavy atom. The fourth-order valence-electron chi connectivity index (χ4n) is 1.70. The predicted octanol–water partition coefficient (Wildman–Crippen LogP) is 0.206. The normalized spacial score (nSPS) is 11.2. The first-order valence-corrected chi connectivity index (χ1v) is 8.44. The number of hydrogen-bond acceptors (Lipinski definition) is 5. The van der Waals surface area contributed by atoms with Crippen molar-refractivity contribution in [1.29, 1.82) is 0 Å². The maximum absolute atomic E-state index is 12.1. The van der Waals surface area contributed by atoms with Crippen LogP contribution in [0.5, 0.6) is 0 Å². The van der Waals surface area contributed by atoms with Crippen molar-refractivity contribution in [2.45, 2.75) is 17.7 Å². The Bertz CT molecular complexity index is 644. The molecule has 0 aliphatic carbocycles. The van der Waals surface area contributed by atoms with Crippen LogP contribution in [0.1, 0.15) is 23.2 Å². The second-order valence-corrected chi connectivity index (χ2v) is 6.44. The maximum atomic E-state index is 12.1. The van der Waals surface area contributed by atoms with Gasteiger partial charge in [-0.1, -0.05) is 6.07 Å². The number of aliphatic carboxylic acids is 1. The molecule has 1 aromatic carbocycles. The van der Waals surface area contributed by atoms with Gasteiger partial charge in [0.2, 0.25) is 10.0 Å². The van der Waals surface area contributed by atoms with Gasteiger partial charge in [-0.2, -0.15) is 0 Å².